The number of esters is 4. The Bertz CT molecular complexity index is 1040. The molecule has 0 saturated heterocycles. The van der Waals surface area contributed by atoms with Gasteiger partial charge in [0.1, 0.15) is 0 Å². The van der Waals surface area contributed by atoms with Crippen LogP contribution in [0.25, 0.3) is 22.1 Å². The third kappa shape index (κ3) is 3.45. The van der Waals surface area contributed by atoms with Gasteiger partial charge in [0, 0.05) is 0 Å². The Morgan fingerprint density at radius 2 is 0.700 bits per heavy atom. The van der Waals surface area contributed by atoms with Crippen molar-refractivity contribution >= 4 is 45.9 Å². The molecule has 0 fully saturated rings. The highest BCUT2D eigenvalue weighted by molar-refractivity contribution is 6.05. The molecule has 3 rings (SSSR count). The average Bonchev–Trinajstić information content (AvgIpc) is 2.78. The maximum atomic E-state index is 12.0. The third-order valence-corrected chi connectivity index (χ3v) is 3.96. The minimum absolute atomic E-state index is 0.159. The average molecular weight is 414 g/mol. The van der Waals surface area contributed by atoms with Crippen LogP contribution in [-0.4, -0.2) is 72.3 Å². The van der Waals surface area contributed by atoms with E-state index in [4.69, 9.17) is 0 Å². The highest BCUT2D eigenvalue weighted by atomic mass is 16.5. The number of hydrogen-bond donors (Lipinski definition) is 0. The second kappa shape index (κ2) is 8.03. The molecule has 12 heteroatoms. The van der Waals surface area contributed by atoms with Crippen molar-refractivity contribution in [3.63, 3.8) is 0 Å². The second-order valence-electron chi connectivity index (χ2n) is 5.64. The van der Waals surface area contributed by atoms with Crippen LogP contribution in [0, 0.1) is 0 Å². The summed E-state index contributed by atoms with van der Waals surface area (Å²) in [4.78, 5) is 64.6. The van der Waals surface area contributed by atoms with Gasteiger partial charge in [0.25, 0.3) is 0 Å². The van der Waals surface area contributed by atoms with Crippen LogP contribution < -0.4 is 0 Å². The Labute approximate surface area is 168 Å². The van der Waals surface area contributed by atoms with Crippen molar-refractivity contribution in [3.8, 4) is 0 Å². The van der Waals surface area contributed by atoms with Crippen molar-refractivity contribution in [1.29, 1.82) is 0 Å². The van der Waals surface area contributed by atoms with E-state index in [1.165, 1.54) is 12.1 Å². The molecule has 0 amide bonds. The third-order valence-electron chi connectivity index (χ3n) is 3.96. The summed E-state index contributed by atoms with van der Waals surface area (Å²) in [6, 6.07) is 2.76. The first kappa shape index (κ1) is 20.5. The summed E-state index contributed by atoms with van der Waals surface area (Å²) in [5, 5.41) is 0. The molecule has 2 aromatic heterocycles. The van der Waals surface area contributed by atoms with Crippen LogP contribution in [0.3, 0.4) is 0 Å². The van der Waals surface area contributed by atoms with E-state index in [9.17, 15) is 19.2 Å². The Hall–Kier alpha value is -4.22. The minimum Gasteiger partial charge on any atom is -0.464 e. The molecule has 3 aromatic rings. The summed E-state index contributed by atoms with van der Waals surface area (Å²) in [5.41, 5.74) is -0.796. The predicted octanol–water partition coefficient (Wildman–Crippen LogP) is 0.719. The number of benzene rings is 1. The van der Waals surface area contributed by atoms with E-state index < -0.39 is 23.9 Å². The highest BCUT2D eigenvalue weighted by Gasteiger charge is 2.26. The van der Waals surface area contributed by atoms with Gasteiger partial charge in [0.2, 0.25) is 0 Å². The number of carbonyl (C=O) groups is 4. The van der Waals surface area contributed by atoms with Gasteiger partial charge in [-0.3, -0.25) is 0 Å². The highest BCUT2D eigenvalue weighted by Crippen LogP contribution is 2.22. The quantitative estimate of drug-likeness (QED) is 0.335. The lowest BCUT2D eigenvalue weighted by Gasteiger charge is -2.09. The molecular weight excluding hydrogens is 400 g/mol. The molecule has 154 valence electrons. The maximum Gasteiger partial charge on any atom is 0.359 e. The lowest BCUT2D eigenvalue weighted by Crippen LogP contribution is -2.17. The van der Waals surface area contributed by atoms with E-state index in [-0.39, 0.29) is 44.8 Å². The first-order valence-electron chi connectivity index (χ1n) is 8.21. The topological polar surface area (TPSA) is 157 Å². The van der Waals surface area contributed by atoms with Gasteiger partial charge in [-0.15, -0.1) is 0 Å². The Morgan fingerprint density at radius 1 is 0.500 bits per heavy atom. The van der Waals surface area contributed by atoms with E-state index in [0.717, 1.165) is 28.4 Å². The smallest absolute Gasteiger partial charge is 0.359 e. The minimum atomic E-state index is -0.896. The molecule has 0 unspecified atom stereocenters. The number of fused-ring (bicyclic) bond motifs is 2. The molecule has 2 heterocycles. The molecule has 1 aromatic carbocycles. The van der Waals surface area contributed by atoms with Crippen LogP contribution in [0.4, 0.5) is 0 Å². The first-order chi connectivity index (χ1) is 14.3. The number of rotatable bonds is 4. The van der Waals surface area contributed by atoms with E-state index >= 15 is 0 Å². The number of aromatic nitrogens is 4. The molecule has 12 nitrogen and oxygen atoms in total. The zero-order chi connectivity index (χ0) is 22.0. The summed E-state index contributed by atoms with van der Waals surface area (Å²) in [7, 11) is 4.49. The number of nitrogens with zero attached hydrogens (tertiary/aromatic N) is 4. The molecule has 0 atom stereocenters. The molecule has 0 spiro atoms. The SMILES string of the molecule is COC(=O)c1nc2cc3nc(C(=O)OC)c(C(=O)OC)nc3cc2nc1C(=O)OC. The fourth-order valence-electron chi connectivity index (χ4n) is 2.56. The molecule has 0 N–H and O–H groups in total. The van der Waals surface area contributed by atoms with E-state index in [1.807, 2.05) is 0 Å². The second-order valence-corrected chi connectivity index (χ2v) is 5.64. The van der Waals surface area contributed by atoms with E-state index in [1.54, 1.807) is 0 Å². The molecule has 0 saturated carbocycles. The van der Waals surface area contributed by atoms with Crippen LogP contribution in [0.1, 0.15) is 42.0 Å². The lowest BCUT2D eigenvalue weighted by atomic mass is 10.2. The van der Waals surface area contributed by atoms with Crippen LogP contribution in [0.15, 0.2) is 12.1 Å². The van der Waals surface area contributed by atoms with Crippen LogP contribution in [0.2, 0.25) is 0 Å². The first-order valence-corrected chi connectivity index (χ1v) is 8.21. The van der Waals surface area contributed by atoms with Crippen LogP contribution in [-0.2, 0) is 18.9 Å². The predicted molar refractivity (Wildman–Crippen MR) is 98.0 cm³/mol. The van der Waals surface area contributed by atoms with E-state index in [2.05, 4.69) is 38.9 Å². The van der Waals surface area contributed by atoms with Crippen molar-refractivity contribution < 1.29 is 38.1 Å². The number of hydrogen-bond acceptors (Lipinski definition) is 12. The van der Waals surface area contributed by atoms with Gasteiger partial charge in [-0.1, -0.05) is 0 Å². The van der Waals surface area contributed by atoms with Gasteiger partial charge < -0.3 is 18.9 Å². The van der Waals surface area contributed by atoms with Crippen LogP contribution >= 0.6 is 0 Å². The zero-order valence-electron chi connectivity index (χ0n) is 16.2. The fraction of sp³-hybridized carbons (Fsp3) is 0.222. The summed E-state index contributed by atoms with van der Waals surface area (Å²) in [5.74, 6) is -3.58. The Kier molecular flexibility index (Phi) is 5.49. The summed E-state index contributed by atoms with van der Waals surface area (Å²) in [6.07, 6.45) is 0. The Balaban J connectivity index is 2.35. The molecule has 0 aliphatic rings. The normalized spacial score (nSPS) is 10.5. The maximum absolute atomic E-state index is 12.0. The number of ether oxygens (including phenoxy) is 4. The summed E-state index contributed by atoms with van der Waals surface area (Å²) in [6.45, 7) is 0. The number of methoxy groups -OCH3 is 4. The van der Waals surface area contributed by atoms with Gasteiger partial charge >= 0.3 is 23.9 Å². The van der Waals surface area contributed by atoms with Gasteiger partial charge in [-0.25, -0.2) is 39.1 Å². The van der Waals surface area contributed by atoms with Crippen molar-refractivity contribution in [3.05, 3.63) is 34.9 Å². The number of carbonyl (C=O) groups excluding carboxylic acids is 4. The molecule has 0 radical (unpaired) electrons. The summed E-state index contributed by atoms with van der Waals surface area (Å²) >= 11 is 0. The summed E-state index contributed by atoms with van der Waals surface area (Å²) < 4.78 is 18.6. The Morgan fingerprint density at radius 3 is 0.867 bits per heavy atom. The molecular formula is C18H14N4O8. The zero-order valence-corrected chi connectivity index (χ0v) is 16.2. The monoisotopic (exact) mass is 414 g/mol. The molecule has 30 heavy (non-hydrogen) atoms. The van der Waals surface area contributed by atoms with Crippen LogP contribution in [0.5, 0.6) is 0 Å². The largest absolute Gasteiger partial charge is 0.464 e. The lowest BCUT2D eigenvalue weighted by molar-refractivity contribution is 0.0545. The van der Waals surface area contributed by atoms with Crippen molar-refractivity contribution in [1.82, 2.24) is 19.9 Å². The van der Waals surface area contributed by atoms with Crippen molar-refractivity contribution in [2.24, 2.45) is 0 Å². The van der Waals surface area contributed by atoms with Gasteiger partial charge in [-0.05, 0) is 12.1 Å². The molecule has 0 aliphatic carbocycles. The van der Waals surface area contributed by atoms with Crippen molar-refractivity contribution in [2.45, 2.75) is 0 Å². The fourth-order valence-corrected chi connectivity index (χ4v) is 2.56. The van der Waals surface area contributed by atoms with Gasteiger partial charge in [-0.2, -0.15) is 0 Å². The van der Waals surface area contributed by atoms with Gasteiger partial charge in [0.05, 0.1) is 50.5 Å². The van der Waals surface area contributed by atoms with E-state index in [0.29, 0.717) is 0 Å². The standard InChI is InChI=1S/C18H14N4O8/c1-27-15(23)11-12(16(24)28-2)20-8-6-10-9(5-7(8)19-11)21-13(17(25)29-3)14(22-10)18(26)30-4/h5-6H,1-4H3. The molecule has 0 bridgehead atoms. The van der Waals surface area contributed by atoms with Gasteiger partial charge in [0.15, 0.2) is 22.8 Å². The van der Waals surface area contributed by atoms with Crippen molar-refractivity contribution in [2.75, 3.05) is 28.4 Å². The molecule has 0 aliphatic heterocycles.